The lowest BCUT2D eigenvalue weighted by atomic mass is 10.1. The number of amides is 1. The second-order valence-corrected chi connectivity index (χ2v) is 9.84. The SMILES string of the molecule is CC(C)N(C)Cc1ccccc1CNC(=O)CCNS(=O)(=O)c1cccc(Br)c1. The zero-order valence-electron chi connectivity index (χ0n) is 17.0. The lowest BCUT2D eigenvalue weighted by Gasteiger charge is -2.22. The molecule has 2 rings (SSSR count). The molecule has 0 saturated carbocycles. The van der Waals surface area contributed by atoms with Crippen molar-refractivity contribution in [3.05, 3.63) is 64.1 Å². The van der Waals surface area contributed by atoms with Crippen molar-refractivity contribution in [2.45, 2.75) is 44.3 Å². The molecule has 0 aliphatic heterocycles. The molecule has 6 nitrogen and oxygen atoms in total. The smallest absolute Gasteiger partial charge is 0.240 e. The molecule has 0 heterocycles. The van der Waals surface area contributed by atoms with Crippen LogP contribution in [0.1, 0.15) is 31.4 Å². The second kappa shape index (κ2) is 10.9. The van der Waals surface area contributed by atoms with E-state index in [0.717, 1.165) is 12.1 Å². The minimum Gasteiger partial charge on any atom is -0.352 e. The predicted molar refractivity (Wildman–Crippen MR) is 119 cm³/mol. The van der Waals surface area contributed by atoms with Crippen LogP contribution in [0, 0.1) is 0 Å². The number of hydrogen-bond donors (Lipinski definition) is 2. The number of nitrogens with one attached hydrogen (secondary N) is 2. The minimum atomic E-state index is -3.64. The van der Waals surface area contributed by atoms with Gasteiger partial charge in [0.05, 0.1) is 4.90 Å². The van der Waals surface area contributed by atoms with Crippen LogP contribution in [-0.4, -0.2) is 38.9 Å². The van der Waals surface area contributed by atoms with E-state index in [-0.39, 0.29) is 23.8 Å². The number of rotatable bonds is 10. The summed E-state index contributed by atoms with van der Waals surface area (Å²) >= 11 is 3.26. The quantitative estimate of drug-likeness (QED) is 0.545. The first-order chi connectivity index (χ1) is 13.7. The van der Waals surface area contributed by atoms with Gasteiger partial charge in [-0.1, -0.05) is 46.3 Å². The molecule has 0 spiro atoms. The zero-order valence-corrected chi connectivity index (χ0v) is 19.4. The van der Waals surface area contributed by atoms with Gasteiger partial charge in [0.25, 0.3) is 0 Å². The van der Waals surface area contributed by atoms with E-state index in [1.807, 2.05) is 18.2 Å². The Hall–Kier alpha value is -1.74. The van der Waals surface area contributed by atoms with E-state index in [9.17, 15) is 13.2 Å². The molecule has 0 saturated heterocycles. The summed E-state index contributed by atoms with van der Waals surface area (Å²) in [4.78, 5) is 14.6. The number of carbonyl (C=O) groups is 1. The van der Waals surface area contributed by atoms with Crippen LogP contribution in [0.4, 0.5) is 0 Å². The average Bonchev–Trinajstić information content (AvgIpc) is 2.67. The van der Waals surface area contributed by atoms with Crippen LogP contribution in [0.15, 0.2) is 57.9 Å². The molecule has 0 fully saturated rings. The van der Waals surface area contributed by atoms with Crippen LogP contribution < -0.4 is 10.0 Å². The van der Waals surface area contributed by atoms with Crippen molar-refractivity contribution < 1.29 is 13.2 Å². The standard InChI is InChI=1S/C21H28BrN3O3S/c1-16(2)25(3)15-18-8-5-4-7-17(18)14-23-21(26)11-12-24-29(27,28)20-10-6-9-19(22)13-20/h4-10,13,16,24H,11-12,14-15H2,1-3H3,(H,23,26). The van der Waals surface area contributed by atoms with Gasteiger partial charge in [-0.3, -0.25) is 9.69 Å². The van der Waals surface area contributed by atoms with E-state index in [2.05, 4.69) is 57.8 Å². The van der Waals surface area contributed by atoms with Crippen LogP contribution >= 0.6 is 15.9 Å². The van der Waals surface area contributed by atoms with Gasteiger partial charge in [-0.25, -0.2) is 13.1 Å². The summed E-state index contributed by atoms with van der Waals surface area (Å²) in [5.74, 6) is -0.200. The van der Waals surface area contributed by atoms with Gasteiger partial charge in [-0.15, -0.1) is 0 Å². The van der Waals surface area contributed by atoms with Crippen molar-refractivity contribution in [2.75, 3.05) is 13.6 Å². The Morgan fingerprint density at radius 2 is 1.79 bits per heavy atom. The second-order valence-electron chi connectivity index (χ2n) is 7.16. The summed E-state index contributed by atoms with van der Waals surface area (Å²) in [6.45, 7) is 5.53. The summed E-state index contributed by atoms with van der Waals surface area (Å²) in [5.41, 5.74) is 2.22. The third-order valence-corrected chi connectivity index (χ3v) is 6.60. The van der Waals surface area contributed by atoms with Gasteiger partial charge in [0.2, 0.25) is 15.9 Å². The molecule has 0 aliphatic carbocycles. The minimum absolute atomic E-state index is 0.0401. The predicted octanol–water partition coefficient (Wildman–Crippen LogP) is 3.27. The molecule has 2 aromatic carbocycles. The third-order valence-electron chi connectivity index (χ3n) is 4.65. The van der Waals surface area contributed by atoms with E-state index in [1.165, 1.54) is 17.7 Å². The molecule has 0 atom stereocenters. The highest BCUT2D eigenvalue weighted by Gasteiger charge is 2.14. The Morgan fingerprint density at radius 1 is 1.10 bits per heavy atom. The number of benzene rings is 2. The fourth-order valence-corrected chi connectivity index (χ4v) is 4.26. The van der Waals surface area contributed by atoms with Gasteiger partial charge in [-0.2, -0.15) is 0 Å². The van der Waals surface area contributed by atoms with E-state index in [1.54, 1.807) is 12.1 Å². The van der Waals surface area contributed by atoms with Crippen LogP contribution in [0.3, 0.4) is 0 Å². The molecule has 0 aromatic heterocycles. The van der Waals surface area contributed by atoms with Gasteiger partial charge in [0, 0.05) is 36.6 Å². The summed E-state index contributed by atoms with van der Waals surface area (Å²) in [5, 5.41) is 2.88. The summed E-state index contributed by atoms with van der Waals surface area (Å²) in [6, 6.07) is 14.9. The molecule has 2 N–H and O–H groups in total. The van der Waals surface area contributed by atoms with Crippen LogP contribution in [0.25, 0.3) is 0 Å². The molecule has 0 radical (unpaired) electrons. The topological polar surface area (TPSA) is 78.5 Å². The zero-order chi connectivity index (χ0) is 21.4. The van der Waals surface area contributed by atoms with Crippen molar-refractivity contribution in [1.29, 1.82) is 0 Å². The summed E-state index contributed by atoms with van der Waals surface area (Å²) in [7, 11) is -1.57. The maximum Gasteiger partial charge on any atom is 0.240 e. The molecule has 0 unspecified atom stereocenters. The fraction of sp³-hybridized carbons (Fsp3) is 0.381. The lowest BCUT2D eigenvalue weighted by Crippen LogP contribution is -2.31. The Labute approximate surface area is 181 Å². The lowest BCUT2D eigenvalue weighted by molar-refractivity contribution is -0.121. The Balaban J connectivity index is 1.85. The van der Waals surface area contributed by atoms with E-state index >= 15 is 0 Å². The van der Waals surface area contributed by atoms with Gasteiger partial charge < -0.3 is 5.32 Å². The van der Waals surface area contributed by atoms with Crippen molar-refractivity contribution in [3.63, 3.8) is 0 Å². The Morgan fingerprint density at radius 3 is 2.45 bits per heavy atom. The fourth-order valence-electron chi connectivity index (χ4n) is 2.63. The van der Waals surface area contributed by atoms with Gasteiger partial charge in [-0.05, 0) is 50.2 Å². The van der Waals surface area contributed by atoms with Gasteiger partial charge in [0.15, 0.2) is 0 Å². The normalized spacial score (nSPS) is 11.8. The van der Waals surface area contributed by atoms with Crippen molar-refractivity contribution in [3.8, 4) is 0 Å². The van der Waals surface area contributed by atoms with Crippen molar-refractivity contribution in [2.24, 2.45) is 0 Å². The molecular formula is C21H28BrN3O3S. The molecule has 1 amide bonds. The molecule has 0 bridgehead atoms. The average molecular weight is 482 g/mol. The van der Waals surface area contributed by atoms with Crippen LogP contribution in [0.2, 0.25) is 0 Å². The molecular weight excluding hydrogens is 454 g/mol. The van der Waals surface area contributed by atoms with E-state index in [4.69, 9.17) is 0 Å². The molecule has 2 aromatic rings. The van der Waals surface area contributed by atoms with Crippen molar-refractivity contribution >= 4 is 31.9 Å². The number of carbonyl (C=O) groups excluding carboxylic acids is 1. The first-order valence-corrected chi connectivity index (χ1v) is 11.8. The first-order valence-electron chi connectivity index (χ1n) is 9.48. The van der Waals surface area contributed by atoms with Crippen LogP contribution in [0.5, 0.6) is 0 Å². The van der Waals surface area contributed by atoms with E-state index < -0.39 is 10.0 Å². The number of halogens is 1. The summed E-state index contributed by atoms with van der Waals surface area (Å²) < 4.78 is 27.7. The van der Waals surface area contributed by atoms with Gasteiger partial charge in [0.1, 0.15) is 0 Å². The number of sulfonamides is 1. The number of nitrogens with zero attached hydrogens (tertiary/aromatic N) is 1. The molecule has 0 aliphatic rings. The monoisotopic (exact) mass is 481 g/mol. The van der Waals surface area contributed by atoms with Crippen molar-refractivity contribution in [1.82, 2.24) is 14.9 Å². The maximum atomic E-state index is 12.3. The highest BCUT2D eigenvalue weighted by Crippen LogP contribution is 2.16. The highest BCUT2D eigenvalue weighted by atomic mass is 79.9. The molecule has 8 heteroatoms. The molecule has 29 heavy (non-hydrogen) atoms. The Kier molecular flexibility index (Phi) is 8.82. The van der Waals surface area contributed by atoms with E-state index in [0.29, 0.717) is 17.1 Å². The Bertz CT molecular complexity index is 932. The maximum absolute atomic E-state index is 12.3. The number of hydrogen-bond acceptors (Lipinski definition) is 4. The van der Waals surface area contributed by atoms with Gasteiger partial charge >= 0.3 is 0 Å². The largest absolute Gasteiger partial charge is 0.352 e. The highest BCUT2D eigenvalue weighted by molar-refractivity contribution is 9.10. The molecule has 158 valence electrons. The first kappa shape index (κ1) is 23.5. The summed E-state index contributed by atoms with van der Waals surface area (Å²) in [6.07, 6.45) is 0.0707. The third kappa shape index (κ3) is 7.54. The van der Waals surface area contributed by atoms with Crippen LogP contribution in [-0.2, 0) is 27.9 Å².